The quantitative estimate of drug-likeness (QED) is 0.311. The summed E-state index contributed by atoms with van der Waals surface area (Å²) in [5.41, 5.74) is 8.73. The van der Waals surface area contributed by atoms with Gasteiger partial charge in [0.05, 0.1) is 34.2 Å². The maximum Gasteiger partial charge on any atom is 0.407 e. The van der Waals surface area contributed by atoms with E-state index in [0.717, 1.165) is 16.1 Å². The number of anilines is 2. The van der Waals surface area contributed by atoms with Crippen LogP contribution in [0, 0.1) is 0 Å². The van der Waals surface area contributed by atoms with E-state index in [0.29, 0.717) is 42.0 Å². The molecule has 0 spiro atoms. The van der Waals surface area contributed by atoms with Crippen molar-refractivity contribution >= 4 is 44.8 Å². The SMILES string of the molecule is CS(=O)(=O)O.Nc1ccccc1NC(=O)c1nc2c(s1)C(Cc1ccccc1)N(C(=O)O)CC2. The number of aromatic nitrogens is 1. The van der Waals surface area contributed by atoms with Gasteiger partial charge in [-0.25, -0.2) is 9.78 Å². The van der Waals surface area contributed by atoms with Crippen LogP contribution < -0.4 is 11.1 Å². The molecule has 1 aliphatic heterocycles. The molecule has 2 aromatic carbocycles. The van der Waals surface area contributed by atoms with Gasteiger partial charge in [-0.15, -0.1) is 11.3 Å². The second-order valence-corrected chi connectivity index (χ2v) is 10.0. The van der Waals surface area contributed by atoms with Gasteiger partial charge < -0.3 is 16.2 Å². The fourth-order valence-electron chi connectivity index (χ4n) is 3.48. The van der Waals surface area contributed by atoms with E-state index in [9.17, 15) is 23.1 Å². The molecule has 1 atom stereocenters. The Balaban J connectivity index is 0.000000588. The van der Waals surface area contributed by atoms with Gasteiger partial charge in [-0.3, -0.25) is 14.2 Å². The molecule has 0 bridgehead atoms. The van der Waals surface area contributed by atoms with Crippen LogP contribution in [0.1, 0.15) is 32.0 Å². The maximum atomic E-state index is 12.7. The highest BCUT2D eigenvalue weighted by molar-refractivity contribution is 7.85. The van der Waals surface area contributed by atoms with Crippen LogP contribution in [0.4, 0.5) is 16.2 Å². The molecule has 1 unspecified atom stereocenters. The lowest BCUT2D eigenvalue weighted by Crippen LogP contribution is -2.39. The van der Waals surface area contributed by atoms with Crippen molar-refractivity contribution in [3.63, 3.8) is 0 Å². The van der Waals surface area contributed by atoms with Crippen molar-refractivity contribution in [3.8, 4) is 0 Å². The largest absolute Gasteiger partial charge is 0.465 e. The second kappa shape index (κ2) is 10.6. The van der Waals surface area contributed by atoms with Crippen molar-refractivity contribution in [1.82, 2.24) is 9.88 Å². The van der Waals surface area contributed by atoms with Crippen LogP contribution in [0.25, 0.3) is 0 Å². The summed E-state index contributed by atoms with van der Waals surface area (Å²) in [5.74, 6) is -0.345. The lowest BCUT2D eigenvalue weighted by molar-refractivity contribution is 0.102. The Morgan fingerprint density at radius 2 is 1.79 bits per heavy atom. The van der Waals surface area contributed by atoms with Crippen molar-refractivity contribution in [2.45, 2.75) is 18.9 Å². The van der Waals surface area contributed by atoms with E-state index in [1.54, 1.807) is 24.3 Å². The number of carbonyl (C=O) groups is 2. The van der Waals surface area contributed by atoms with Crippen LogP contribution in [0.3, 0.4) is 0 Å². The van der Waals surface area contributed by atoms with E-state index >= 15 is 0 Å². The number of carboxylic acid groups (broad SMARTS) is 1. The first-order chi connectivity index (χ1) is 16.0. The summed E-state index contributed by atoms with van der Waals surface area (Å²) in [5, 5.41) is 12.8. The molecule has 34 heavy (non-hydrogen) atoms. The zero-order chi connectivity index (χ0) is 24.9. The summed E-state index contributed by atoms with van der Waals surface area (Å²) in [7, 11) is -3.67. The van der Waals surface area contributed by atoms with Crippen molar-refractivity contribution in [3.05, 3.63) is 75.7 Å². The highest BCUT2D eigenvalue weighted by Gasteiger charge is 2.34. The summed E-state index contributed by atoms with van der Waals surface area (Å²) in [6, 6.07) is 16.4. The number of nitrogens with one attached hydrogen (secondary N) is 1. The Kier molecular flexibility index (Phi) is 7.87. The normalized spacial score (nSPS) is 15.0. The molecule has 2 heterocycles. The number of thiazole rings is 1. The third kappa shape index (κ3) is 6.76. The number of hydrogen-bond acceptors (Lipinski definition) is 7. The smallest absolute Gasteiger partial charge is 0.407 e. The summed E-state index contributed by atoms with van der Waals surface area (Å²) < 4.78 is 25.9. The minimum absolute atomic E-state index is 0.309. The van der Waals surface area contributed by atoms with Crippen LogP contribution >= 0.6 is 11.3 Å². The number of para-hydroxylation sites is 2. The van der Waals surface area contributed by atoms with Gasteiger partial charge in [0.25, 0.3) is 16.0 Å². The molecule has 10 nitrogen and oxygen atoms in total. The molecule has 0 radical (unpaired) electrons. The van der Waals surface area contributed by atoms with Crippen LogP contribution in [0.2, 0.25) is 0 Å². The number of rotatable bonds is 4. The predicted molar refractivity (Wildman–Crippen MR) is 130 cm³/mol. The minimum Gasteiger partial charge on any atom is -0.465 e. The van der Waals surface area contributed by atoms with E-state index in [1.807, 2.05) is 30.3 Å². The highest BCUT2D eigenvalue weighted by atomic mass is 32.2. The molecule has 0 saturated heterocycles. The molecule has 1 aliphatic rings. The van der Waals surface area contributed by atoms with Gasteiger partial charge in [0.15, 0.2) is 5.01 Å². The average molecular weight is 505 g/mol. The molecule has 3 aromatic rings. The topological polar surface area (TPSA) is 163 Å². The van der Waals surface area contributed by atoms with E-state index in [4.69, 9.17) is 10.3 Å². The molecule has 0 fully saturated rings. The fraction of sp³-hybridized carbons (Fsp3) is 0.227. The molecule has 2 amide bonds. The minimum atomic E-state index is -3.67. The number of nitrogen functional groups attached to an aromatic ring is 1. The van der Waals surface area contributed by atoms with Gasteiger partial charge in [0.2, 0.25) is 0 Å². The lowest BCUT2D eigenvalue weighted by atomic mass is 9.98. The van der Waals surface area contributed by atoms with Crippen LogP contribution in [0.15, 0.2) is 54.6 Å². The van der Waals surface area contributed by atoms with Crippen molar-refractivity contribution in [2.24, 2.45) is 0 Å². The summed E-state index contributed by atoms with van der Waals surface area (Å²) in [6.07, 6.45) is 0.777. The maximum absolute atomic E-state index is 12.7. The molecule has 0 saturated carbocycles. The Labute approximate surface area is 200 Å². The molecule has 4 rings (SSSR count). The van der Waals surface area contributed by atoms with Crippen LogP contribution in [-0.2, 0) is 23.0 Å². The first kappa shape index (κ1) is 25.1. The Bertz CT molecular complexity index is 1270. The molecule has 12 heteroatoms. The molecule has 1 aromatic heterocycles. The van der Waals surface area contributed by atoms with Crippen molar-refractivity contribution in [1.29, 1.82) is 0 Å². The number of fused-ring (bicyclic) bond motifs is 1. The number of nitrogens with two attached hydrogens (primary N) is 1. The van der Waals surface area contributed by atoms with Crippen LogP contribution in [0.5, 0.6) is 0 Å². The van der Waals surface area contributed by atoms with E-state index in [1.165, 1.54) is 16.2 Å². The summed E-state index contributed by atoms with van der Waals surface area (Å²) >= 11 is 1.25. The third-order valence-corrected chi connectivity index (χ3v) is 6.11. The predicted octanol–water partition coefficient (Wildman–Crippen LogP) is 3.30. The Morgan fingerprint density at radius 1 is 1.18 bits per heavy atom. The molecule has 0 aliphatic carbocycles. The number of benzene rings is 2. The van der Waals surface area contributed by atoms with E-state index in [2.05, 4.69) is 10.3 Å². The lowest BCUT2D eigenvalue weighted by Gasteiger charge is -2.32. The Morgan fingerprint density at radius 3 is 2.41 bits per heavy atom. The van der Waals surface area contributed by atoms with Gasteiger partial charge >= 0.3 is 6.09 Å². The van der Waals surface area contributed by atoms with Gasteiger partial charge in [0.1, 0.15) is 0 Å². The highest BCUT2D eigenvalue weighted by Crippen LogP contribution is 2.37. The van der Waals surface area contributed by atoms with Gasteiger partial charge in [0, 0.05) is 13.0 Å². The average Bonchev–Trinajstić information content (AvgIpc) is 3.20. The fourth-order valence-corrected chi connectivity index (χ4v) is 4.60. The van der Waals surface area contributed by atoms with E-state index < -0.39 is 16.2 Å². The zero-order valence-corrected chi connectivity index (χ0v) is 19.8. The summed E-state index contributed by atoms with van der Waals surface area (Å²) in [6.45, 7) is 0.357. The van der Waals surface area contributed by atoms with Gasteiger partial charge in [-0.1, -0.05) is 42.5 Å². The van der Waals surface area contributed by atoms with Crippen LogP contribution in [-0.4, -0.2) is 52.8 Å². The number of carbonyl (C=O) groups excluding carboxylic acids is 1. The number of amides is 2. The second-order valence-electron chi connectivity index (χ2n) is 7.54. The first-order valence-corrected chi connectivity index (χ1v) is 12.8. The van der Waals surface area contributed by atoms with Crippen molar-refractivity contribution in [2.75, 3.05) is 23.9 Å². The first-order valence-electron chi connectivity index (χ1n) is 10.1. The monoisotopic (exact) mass is 504 g/mol. The van der Waals surface area contributed by atoms with Crippen molar-refractivity contribution < 1.29 is 27.7 Å². The molecule has 5 N–H and O–H groups in total. The molecular weight excluding hydrogens is 480 g/mol. The van der Waals surface area contributed by atoms with Gasteiger partial charge in [-0.05, 0) is 24.1 Å². The standard InChI is InChI=1S/C21H20N4O3S.CH4O3S/c22-14-8-4-5-9-15(14)23-19(26)20-24-16-10-11-25(21(27)28)17(18(16)29-20)12-13-6-2-1-3-7-13;1-5(2,3)4/h1-9,17H,10-12,22H2,(H,23,26)(H,27,28);1H3,(H,2,3,4). The summed E-state index contributed by atoms with van der Waals surface area (Å²) in [4.78, 5) is 31.3. The molecular formula is C22H24N4O6S2. The Hall–Kier alpha value is -3.48. The van der Waals surface area contributed by atoms with E-state index in [-0.39, 0.29) is 11.9 Å². The van der Waals surface area contributed by atoms with Gasteiger partial charge in [-0.2, -0.15) is 8.42 Å². The molecule has 180 valence electrons. The number of nitrogens with zero attached hydrogens (tertiary/aromatic N) is 2. The third-order valence-electron chi connectivity index (χ3n) is 4.92. The number of hydrogen-bond donors (Lipinski definition) is 4. The zero-order valence-electron chi connectivity index (χ0n) is 18.2.